The number of hydrogen-bond acceptors (Lipinski definition) is 33. The fourth-order valence-electron chi connectivity index (χ4n) is 14.1. The van der Waals surface area contributed by atoms with Crippen LogP contribution in [-0.4, -0.2) is 339 Å². The molecule has 0 aromatic carbocycles. The number of fused-ring (bicyclic) bond motifs is 1. The zero-order valence-electron chi connectivity index (χ0n) is 48.0. The van der Waals surface area contributed by atoms with Gasteiger partial charge in [-0.05, 0) is 68.6 Å². The SMILES string of the molecule is C=CCC1CC[C@H]2[C@@](C)(CCC[C@@]2(C)C(=O)OC2OC(COC3OC(CO)C(O)C(O)C3O)C(O)C(O)C2OC2OC(CO)C(O)C(O)C2O)[C@@H]1CCOC1OC(CO)C(O)C(OC2OC(CO)C(O)C(O)C2O)C1OC1OC(CO)C(O)C(O)C1O. The first-order valence-electron chi connectivity index (χ1n) is 29.4. The minimum absolute atomic E-state index is 0.104. The molecule has 0 spiro atoms. The standard InChI is InChI=1S/C54H90O33/c1-4-6-19-7-8-27-53(2,20(19)9-12-76-50-45(86-49-42(74)37(69)31(63)24(16-58)81-49)43(33(65)25(17-59)82-50)84-47-40(72)35(67)29(61)22(14-56)79-47)10-5-11-54(27,3)52(75)87-51-44(85-48-41(73)36(68)30(62)23(15-57)80-48)38(70)32(64)26(83-51)18-77-46-39(71)34(66)28(60)21(13-55)78-46/h4,19-51,55-74H,1,5-18H2,2-3H3/t19?,20-,21?,22?,23?,24?,25?,26?,27+,28?,29?,30?,31?,32?,33?,34?,35?,36?,37?,38?,39?,40?,41?,42?,43?,44?,45?,46?,47?,48?,49?,50?,51?,53+,54-/m1/s1. The first-order chi connectivity index (χ1) is 41.2. The van der Waals surface area contributed by atoms with Crippen LogP contribution in [0.4, 0.5) is 0 Å². The van der Waals surface area contributed by atoms with E-state index in [1.165, 1.54) is 0 Å². The number of hydrogen-bond donors (Lipinski definition) is 20. The lowest BCUT2D eigenvalue weighted by Gasteiger charge is -2.59. The third kappa shape index (κ3) is 14.3. The molecular weight excluding hydrogens is 1180 g/mol. The summed E-state index contributed by atoms with van der Waals surface area (Å²) in [5, 5.41) is 213. The molecule has 504 valence electrons. The molecule has 2 saturated carbocycles. The molecule has 35 atom stereocenters. The fraction of sp³-hybridized carbons (Fsp3) is 0.944. The van der Waals surface area contributed by atoms with Crippen molar-refractivity contribution in [3.63, 3.8) is 0 Å². The summed E-state index contributed by atoms with van der Waals surface area (Å²) in [4.78, 5) is 15.2. The summed E-state index contributed by atoms with van der Waals surface area (Å²) in [6.07, 6.45) is -50.3. The molecule has 0 aromatic rings. The molecule has 8 fully saturated rings. The van der Waals surface area contributed by atoms with Crippen molar-refractivity contribution >= 4 is 5.97 Å². The van der Waals surface area contributed by atoms with Gasteiger partial charge in [-0.1, -0.05) is 19.4 Å². The zero-order chi connectivity index (χ0) is 63.7. The van der Waals surface area contributed by atoms with E-state index >= 15 is 4.79 Å². The highest BCUT2D eigenvalue weighted by atomic mass is 16.8. The predicted molar refractivity (Wildman–Crippen MR) is 279 cm³/mol. The molecule has 0 amide bonds. The Bertz CT molecular complexity index is 2170. The van der Waals surface area contributed by atoms with E-state index < -0.39 is 247 Å². The number of aliphatic hydroxyl groups excluding tert-OH is 20. The molecule has 2 aliphatic carbocycles. The summed E-state index contributed by atoms with van der Waals surface area (Å²) >= 11 is 0. The number of rotatable bonds is 22. The minimum atomic E-state index is -2.10. The Balaban J connectivity index is 1.05. The van der Waals surface area contributed by atoms with Gasteiger partial charge >= 0.3 is 5.97 Å². The predicted octanol–water partition coefficient (Wildman–Crippen LogP) is -9.75. The number of carbonyl (C=O) groups excluding carboxylic acids is 1. The molecule has 33 heteroatoms. The van der Waals surface area contributed by atoms with E-state index in [1.54, 1.807) is 13.0 Å². The van der Waals surface area contributed by atoms with Gasteiger partial charge in [0.2, 0.25) is 6.29 Å². The molecule has 6 heterocycles. The maximum atomic E-state index is 15.2. The maximum absolute atomic E-state index is 15.2. The molecule has 0 aromatic heterocycles. The van der Waals surface area contributed by atoms with E-state index in [4.69, 9.17) is 56.8 Å². The van der Waals surface area contributed by atoms with Crippen molar-refractivity contribution in [2.75, 3.05) is 46.2 Å². The van der Waals surface area contributed by atoms with Crippen molar-refractivity contribution in [2.45, 2.75) is 243 Å². The summed E-state index contributed by atoms with van der Waals surface area (Å²) in [5.41, 5.74) is -2.14. The molecule has 87 heavy (non-hydrogen) atoms. The summed E-state index contributed by atoms with van der Waals surface area (Å²) in [5.74, 6) is -1.83. The van der Waals surface area contributed by atoms with E-state index in [9.17, 15) is 102 Å². The van der Waals surface area contributed by atoms with Crippen LogP contribution < -0.4 is 0 Å². The summed E-state index contributed by atoms with van der Waals surface area (Å²) in [7, 11) is 0. The van der Waals surface area contributed by atoms with Crippen molar-refractivity contribution < 1.29 is 164 Å². The van der Waals surface area contributed by atoms with Gasteiger partial charge in [-0.25, -0.2) is 0 Å². The summed E-state index contributed by atoms with van der Waals surface area (Å²) in [6, 6.07) is 0. The Hall–Kier alpha value is -2.03. The largest absolute Gasteiger partial charge is 0.432 e. The molecule has 33 nitrogen and oxygen atoms in total. The molecule has 0 radical (unpaired) electrons. The van der Waals surface area contributed by atoms with Crippen LogP contribution in [0.15, 0.2) is 12.7 Å². The van der Waals surface area contributed by atoms with Crippen LogP contribution in [0.1, 0.15) is 58.8 Å². The smallest absolute Gasteiger partial charge is 0.314 e. The van der Waals surface area contributed by atoms with Gasteiger partial charge in [0.05, 0.1) is 51.7 Å². The van der Waals surface area contributed by atoms with E-state index in [0.29, 0.717) is 32.1 Å². The minimum Gasteiger partial charge on any atom is -0.432 e. The second kappa shape index (κ2) is 29.9. The number of allylic oxidation sites excluding steroid dienone is 1. The second-order valence-corrected chi connectivity index (χ2v) is 24.5. The van der Waals surface area contributed by atoms with Crippen LogP contribution in [0.2, 0.25) is 0 Å². The Morgan fingerprint density at radius 1 is 0.460 bits per heavy atom. The van der Waals surface area contributed by atoms with Gasteiger partial charge < -0.3 is 159 Å². The van der Waals surface area contributed by atoms with Crippen molar-refractivity contribution in [3.05, 3.63) is 12.7 Å². The van der Waals surface area contributed by atoms with E-state index in [0.717, 1.165) is 0 Å². The number of esters is 1. The van der Waals surface area contributed by atoms with Crippen molar-refractivity contribution in [1.82, 2.24) is 0 Å². The Kier molecular flexibility index (Phi) is 24.4. The second-order valence-electron chi connectivity index (χ2n) is 24.5. The first-order valence-corrected chi connectivity index (χ1v) is 29.4. The fourth-order valence-corrected chi connectivity index (χ4v) is 14.1. The average molecular weight is 1270 g/mol. The lowest BCUT2D eigenvalue weighted by molar-refractivity contribution is -0.392. The Morgan fingerprint density at radius 2 is 0.874 bits per heavy atom. The van der Waals surface area contributed by atoms with Gasteiger partial charge in [-0.15, -0.1) is 6.58 Å². The third-order valence-corrected chi connectivity index (χ3v) is 19.2. The highest BCUT2D eigenvalue weighted by molar-refractivity contribution is 5.77. The van der Waals surface area contributed by atoms with Gasteiger partial charge in [-0.2, -0.15) is 0 Å². The molecule has 20 N–H and O–H groups in total. The molecule has 0 bridgehead atoms. The summed E-state index contributed by atoms with van der Waals surface area (Å²) < 4.78 is 70.8. The quantitative estimate of drug-likeness (QED) is 0.0353. The first kappa shape index (κ1) is 70.8. The van der Waals surface area contributed by atoms with Crippen LogP contribution in [0.5, 0.6) is 0 Å². The van der Waals surface area contributed by atoms with Gasteiger partial charge in [0.15, 0.2) is 37.6 Å². The van der Waals surface area contributed by atoms with Crippen LogP contribution in [0.25, 0.3) is 0 Å². The third-order valence-electron chi connectivity index (χ3n) is 19.2. The van der Waals surface area contributed by atoms with Gasteiger partial charge in [0.1, 0.15) is 140 Å². The van der Waals surface area contributed by atoms with Crippen LogP contribution in [0.3, 0.4) is 0 Å². The molecular formula is C54H90O33. The van der Waals surface area contributed by atoms with Crippen LogP contribution in [0, 0.1) is 28.6 Å². The van der Waals surface area contributed by atoms with E-state index in [2.05, 4.69) is 6.58 Å². The lowest BCUT2D eigenvalue weighted by Crippen LogP contribution is -2.67. The van der Waals surface area contributed by atoms with Crippen molar-refractivity contribution in [2.24, 2.45) is 28.6 Å². The average Bonchev–Trinajstić information content (AvgIpc) is 0.776. The number of carbonyl (C=O) groups is 1. The number of aliphatic hydroxyl groups is 20. The molecule has 31 unspecified atom stereocenters. The molecule has 6 aliphatic heterocycles. The number of ether oxygens (including phenoxy) is 12. The maximum Gasteiger partial charge on any atom is 0.314 e. The van der Waals surface area contributed by atoms with Gasteiger partial charge in [0, 0.05) is 0 Å². The monoisotopic (exact) mass is 1270 g/mol. The van der Waals surface area contributed by atoms with Crippen molar-refractivity contribution in [3.8, 4) is 0 Å². The van der Waals surface area contributed by atoms with Gasteiger partial charge in [-0.3, -0.25) is 4.79 Å². The normalized spacial score (nSPS) is 51.5. The zero-order valence-corrected chi connectivity index (χ0v) is 48.0. The molecule has 8 aliphatic rings. The van der Waals surface area contributed by atoms with Crippen molar-refractivity contribution in [1.29, 1.82) is 0 Å². The van der Waals surface area contributed by atoms with Crippen LogP contribution in [-0.2, 0) is 61.6 Å². The summed E-state index contributed by atoms with van der Waals surface area (Å²) in [6.45, 7) is 2.39. The highest BCUT2D eigenvalue weighted by Gasteiger charge is 2.62. The molecule has 6 saturated heterocycles. The van der Waals surface area contributed by atoms with Crippen LogP contribution >= 0.6 is 0 Å². The topological polar surface area (TPSA) is 532 Å². The van der Waals surface area contributed by atoms with E-state index in [-0.39, 0.29) is 31.3 Å². The van der Waals surface area contributed by atoms with Gasteiger partial charge in [0.25, 0.3) is 0 Å². The Labute approximate surface area is 499 Å². The lowest BCUT2D eigenvalue weighted by atomic mass is 9.45. The highest BCUT2D eigenvalue weighted by Crippen LogP contribution is 2.63. The Morgan fingerprint density at radius 3 is 1.36 bits per heavy atom. The van der Waals surface area contributed by atoms with E-state index in [1.807, 2.05) is 6.92 Å². The molecule has 8 rings (SSSR count).